The molecular weight excluding hydrogens is 318 g/mol. The zero-order valence-corrected chi connectivity index (χ0v) is 14.1. The minimum Gasteiger partial charge on any atom is -0.441 e. The van der Waals surface area contributed by atoms with Crippen LogP contribution in [0.15, 0.2) is 54.6 Å². The highest BCUT2D eigenvalue weighted by Crippen LogP contribution is 2.24. The van der Waals surface area contributed by atoms with Crippen LogP contribution in [0.5, 0.6) is 0 Å². The van der Waals surface area contributed by atoms with Gasteiger partial charge in [-0.1, -0.05) is 49.4 Å². The summed E-state index contributed by atoms with van der Waals surface area (Å²) in [7, 11) is 0. The standard InChI is InChI=1S/C20H21NO4/c1-2-19(23)25-18-12-17(22)13-21(18)20(24)16-10-8-15(9-11-16)14-6-4-3-5-7-14/h3-11,17-18,22H,2,12-13H2,1H3/t17-,18+/m1/s1. The van der Waals surface area contributed by atoms with Crippen LogP contribution in [0.1, 0.15) is 30.1 Å². The van der Waals surface area contributed by atoms with E-state index in [1.807, 2.05) is 42.5 Å². The summed E-state index contributed by atoms with van der Waals surface area (Å²) in [6, 6.07) is 17.2. The number of carbonyl (C=O) groups is 2. The molecule has 0 aromatic heterocycles. The Morgan fingerprint density at radius 2 is 1.72 bits per heavy atom. The number of esters is 1. The largest absolute Gasteiger partial charge is 0.441 e. The Morgan fingerprint density at radius 3 is 2.36 bits per heavy atom. The molecular formula is C20H21NO4. The smallest absolute Gasteiger partial charge is 0.307 e. The number of hydrogen-bond donors (Lipinski definition) is 1. The van der Waals surface area contributed by atoms with Gasteiger partial charge in [-0.3, -0.25) is 9.59 Å². The van der Waals surface area contributed by atoms with E-state index in [4.69, 9.17) is 4.74 Å². The Hall–Kier alpha value is -2.66. The third kappa shape index (κ3) is 3.88. The van der Waals surface area contributed by atoms with Crippen molar-refractivity contribution in [1.29, 1.82) is 0 Å². The Balaban J connectivity index is 1.76. The molecule has 2 aromatic rings. The Kier molecular flexibility index (Phi) is 5.14. The molecule has 1 N–H and O–H groups in total. The van der Waals surface area contributed by atoms with E-state index in [0.29, 0.717) is 5.56 Å². The molecule has 5 heteroatoms. The number of hydrogen-bond acceptors (Lipinski definition) is 4. The van der Waals surface area contributed by atoms with Crippen LogP contribution in [0.3, 0.4) is 0 Å². The molecule has 1 amide bonds. The molecule has 0 bridgehead atoms. The summed E-state index contributed by atoms with van der Waals surface area (Å²) in [5.41, 5.74) is 2.60. The lowest BCUT2D eigenvalue weighted by Gasteiger charge is -2.24. The lowest BCUT2D eigenvalue weighted by Crippen LogP contribution is -2.38. The summed E-state index contributed by atoms with van der Waals surface area (Å²) < 4.78 is 5.29. The van der Waals surface area contributed by atoms with Crippen molar-refractivity contribution in [2.75, 3.05) is 6.54 Å². The van der Waals surface area contributed by atoms with Crippen LogP contribution in [0.4, 0.5) is 0 Å². The fourth-order valence-corrected chi connectivity index (χ4v) is 2.94. The number of ether oxygens (including phenoxy) is 1. The first-order valence-electron chi connectivity index (χ1n) is 8.42. The molecule has 1 saturated heterocycles. The second kappa shape index (κ2) is 7.49. The van der Waals surface area contributed by atoms with Crippen LogP contribution in [0.2, 0.25) is 0 Å². The van der Waals surface area contributed by atoms with Gasteiger partial charge in [0, 0.05) is 18.4 Å². The zero-order valence-electron chi connectivity index (χ0n) is 14.1. The number of rotatable bonds is 4. The first-order chi connectivity index (χ1) is 12.1. The van der Waals surface area contributed by atoms with E-state index in [1.54, 1.807) is 19.1 Å². The predicted octanol–water partition coefficient (Wildman–Crippen LogP) is 2.84. The van der Waals surface area contributed by atoms with Crippen molar-refractivity contribution in [3.05, 3.63) is 60.2 Å². The zero-order chi connectivity index (χ0) is 17.8. The molecule has 1 aliphatic rings. The minimum absolute atomic E-state index is 0.168. The normalized spacial score (nSPS) is 19.7. The van der Waals surface area contributed by atoms with Gasteiger partial charge in [0.1, 0.15) is 0 Å². The number of amides is 1. The average Bonchev–Trinajstić information content (AvgIpc) is 3.02. The van der Waals surface area contributed by atoms with Crippen molar-refractivity contribution in [3.8, 4) is 11.1 Å². The van der Waals surface area contributed by atoms with Gasteiger partial charge in [0.2, 0.25) is 0 Å². The summed E-state index contributed by atoms with van der Waals surface area (Å²) in [6.45, 7) is 1.86. The van der Waals surface area contributed by atoms with Gasteiger partial charge in [0.05, 0.1) is 12.6 Å². The molecule has 1 heterocycles. The molecule has 0 spiro atoms. The maximum atomic E-state index is 12.7. The molecule has 5 nitrogen and oxygen atoms in total. The molecule has 3 rings (SSSR count). The number of β-amino-alcohol motifs (C(OH)–C–C–N with tert-alkyl or cyclic N) is 1. The second-order valence-corrected chi connectivity index (χ2v) is 6.09. The van der Waals surface area contributed by atoms with E-state index in [1.165, 1.54) is 4.90 Å². The lowest BCUT2D eigenvalue weighted by molar-refractivity contribution is -0.154. The Labute approximate surface area is 146 Å². The summed E-state index contributed by atoms with van der Waals surface area (Å²) in [5.74, 6) is -0.624. The first kappa shape index (κ1) is 17.2. The Morgan fingerprint density at radius 1 is 1.08 bits per heavy atom. The Bertz CT molecular complexity index is 742. The first-order valence-corrected chi connectivity index (χ1v) is 8.42. The molecule has 0 saturated carbocycles. The summed E-state index contributed by atoms with van der Waals surface area (Å²) >= 11 is 0. The van der Waals surface area contributed by atoms with Crippen LogP contribution < -0.4 is 0 Å². The maximum Gasteiger partial charge on any atom is 0.307 e. The third-order valence-corrected chi connectivity index (χ3v) is 4.28. The molecule has 130 valence electrons. The number of aliphatic hydroxyl groups excluding tert-OH is 1. The van der Waals surface area contributed by atoms with E-state index >= 15 is 0 Å². The number of likely N-dealkylation sites (tertiary alicyclic amines) is 1. The highest BCUT2D eigenvalue weighted by Gasteiger charge is 2.37. The molecule has 2 aromatic carbocycles. The van der Waals surface area contributed by atoms with Gasteiger partial charge in [-0.2, -0.15) is 0 Å². The van der Waals surface area contributed by atoms with Crippen molar-refractivity contribution >= 4 is 11.9 Å². The fourth-order valence-electron chi connectivity index (χ4n) is 2.94. The monoisotopic (exact) mass is 339 g/mol. The van der Waals surface area contributed by atoms with E-state index < -0.39 is 12.3 Å². The average molecular weight is 339 g/mol. The number of benzene rings is 2. The topological polar surface area (TPSA) is 66.8 Å². The molecule has 25 heavy (non-hydrogen) atoms. The van der Waals surface area contributed by atoms with Crippen molar-refractivity contribution in [2.45, 2.75) is 32.1 Å². The number of nitrogens with zero attached hydrogens (tertiary/aromatic N) is 1. The molecule has 1 fully saturated rings. The fraction of sp³-hybridized carbons (Fsp3) is 0.300. The van der Waals surface area contributed by atoms with Crippen molar-refractivity contribution in [2.24, 2.45) is 0 Å². The predicted molar refractivity (Wildman–Crippen MR) is 93.7 cm³/mol. The quantitative estimate of drug-likeness (QED) is 0.870. The summed E-state index contributed by atoms with van der Waals surface area (Å²) in [5, 5.41) is 9.86. The van der Waals surface area contributed by atoms with Gasteiger partial charge in [-0.25, -0.2) is 0 Å². The SMILES string of the molecule is CCC(=O)O[C@H]1C[C@@H](O)CN1C(=O)c1ccc(-c2ccccc2)cc1. The van der Waals surface area contributed by atoms with Crippen molar-refractivity contribution in [1.82, 2.24) is 4.90 Å². The van der Waals surface area contributed by atoms with Gasteiger partial charge in [-0.05, 0) is 23.3 Å². The summed E-state index contributed by atoms with van der Waals surface area (Å²) in [6.07, 6.45) is -0.897. The molecule has 1 aliphatic heterocycles. The van der Waals surface area contributed by atoms with E-state index in [9.17, 15) is 14.7 Å². The highest BCUT2D eigenvalue weighted by atomic mass is 16.6. The van der Waals surface area contributed by atoms with Gasteiger partial charge >= 0.3 is 5.97 Å². The van der Waals surface area contributed by atoms with E-state index in [-0.39, 0.29) is 31.3 Å². The molecule has 0 unspecified atom stereocenters. The minimum atomic E-state index is -0.705. The lowest BCUT2D eigenvalue weighted by atomic mass is 10.0. The van der Waals surface area contributed by atoms with Gasteiger partial charge in [0.25, 0.3) is 5.91 Å². The van der Waals surface area contributed by atoms with Crippen molar-refractivity contribution < 1.29 is 19.4 Å². The highest BCUT2D eigenvalue weighted by molar-refractivity contribution is 5.95. The second-order valence-electron chi connectivity index (χ2n) is 6.09. The summed E-state index contributed by atoms with van der Waals surface area (Å²) in [4.78, 5) is 25.7. The molecule has 0 aliphatic carbocycles. The van der Waals surface area contributed by atoms with Crippen LogP contribution in [-0.4, -0.2) is 40.8 Å². The van der Waals surface area contributed by atoms with E-state index in [0.717, 1.165) is 11.1 Å². The third-order valence-electron chi connectivity index (χ3n) is 4.28. The van der Waals surface area contributed by atoms with Gasteiger partial charge in [0.15, 0.2) is 6.23 Å². The van der Waals surface area contributed by atoms with Crippen LogP contribution >= 0.6 is 0 Å². The number of carbonyl (C=O) groups excluding carboxylic acids is 2. The van der Waals surface area contributed by atoms with Gasteiger partial charge in [-0.15, -0.1) is 0 Å². The molecule has 2 atom stereocenters. The number of aliphatic hydroxyl groups is 1. The van der Waals surface area contributed by atoms with Crippen LogP contribution in [0.25, 0.3) is 11.1 Å². The van der Waals surface area contributed by atoms with E-state index in [2.05, 4.69) is 0 Å². The van der Waals surface area contributed by atoms with Gasteiger partial charge < -0.3 is 14.7 Å². The van der Waals surface area contributed by atoms with Crippen molar-refractivity contribution in [3.63, 3.8) is 0 Å². The van der Waals surface area contributed by atoms with Crippen LogP contribution in [-0.2, 0) is 9.53 Å². The van der Waals surface area contributed by atoms with Crippen LogP contribution in [0, 0.1) is 0 Å². The molecule has 0 radical (unpaired) electrons. The maximum absolute atomic E-state index is 12.7.